The first-order chi connectivity index (χ1) is 15.7. The molecule has 2 aromatic heterocycles. The van der Waals surface area contributed by atoms with Crippen molar-refractivity contribution in [1.82, 2.24) is 24.7 Å². The SMILES string of the molecule is CCOc1cc(N2CCNCC2)ccc1-c1nc2c(C)nc(C3CCCCC3)n2c(=O)[nH]1. The minimum absolute atomic E-state index is 0.181. The van der Waals surface area contributed by atoms with E-state index in [0.29, 0.717) is 24.0 Å². The fraction of sp³-hybridized carbons (Fsp3) is 0.542. The molecule has 0 unspecified atom stereocenters. The molecular weight excluding hydrogens is 404 g/mol. The Balaban J connectivity index is 1.56. The van der Waals surface area contributed by atoms with Crippen LogP contribution in [0.2, 0.25) is 0 Å². The molecule has 32 heavy (non-hydrogen) atoms. The third-order valence-corrected chi connectivity index (χ3v) is 6.67. The number of aromatic amines is 1. The number of benzene rings is 1. The van der Waals surface area contributed by atoms with E-state index >= 15 is 0 Å². The minimum Gasteiger partial charge on any atom is -0.493 e. The van der Waals surface area contributed by atoms with Gasteiger partial charge in [0.25, 0.3) is 0 Å². The standard InChI is InChI=1S/C24H32N6O2/c1-3-32-20-15-18(29-13-11-25-12-14-29)9-10-19(20)21-27-22-16(2)26-23(30(22)24(31)28-21)17-7-5-4-6-8-17/h9-10,15,17,25H,3-8,11-14H2,1-2H3,(H,27,28,31). The van der Waals surface area contributed by atoms with Crippen LogP contribution in [-0.2, 0) is 0 Å². The first kappa shape index (κ1) is 21.0. The zero-order valence-corrected chi connectivity index (χ0v) is 19.0. The largest absolute Gasteiger partial charge is 0.493 e. The van der Waals surface area contributed by atoms with Crippen molar-refractivity contribution < 1.29 is 4.74 Å². The van der Waals surface area contributed by atoms with Gasteiger partial charge in [-0.05, 0) is 38.8 Å². The van der Waals surface area contributed by atoms with Gasteiger partial charge in [0.15, 0.2) is 5.65 Å². The summed E-state index contributed by atoms with van der Waals surface area (Å²) in [5.41, 5.74) is 3.18. The van der Waals surface area contributed by atoms with Crippen LogP contribution in [0.1, 0.15) is 56.5 Å². The summed E-state index contributed by atoms with van der Waals surface area (Å²) in [6, 6.07) is 6.15. The van der Waals surface area contributed by atoms with E-state index < -0.39 is 0 Å². The molecule has 0 atom stereocenters. The summed E-state index contributed by atoms with van der Waals surface area (Å²) in [4.78, 5) is 28.2. The summed E-state index contributed by atoms with van der Waals surface area (Å²) in [7, 11) is 0. The summed E-state index contributed by atoms with van der Waals surface area (Å²) in [6.07, 6.45) is 5.82. The number of hydrogen-bond acceptors (Lipinski definition) is 6. The monoisotopic (exact) mass is 436 g/mol. The van der Waals surface area contributed by atoms with E-state index in [-0.39, 0.29) is 5.69 Å². The molecule has 8 heteroatoms. The molecule has 1 aliphatic carbocycles. The van der Waals surface area contributed by atoms with Gasteiger partial charge in [0, 0.05) is 43.9 Å². The number of nitrogens with zero attached hydrogens (tertiary/aromatic N) is 4. The molecule has 2 aliphatic rings. The Morgan fingerprint density at radius 2 is 1.91 bits per heavy atom. The molecule has 8 nitrogen and oxygen atoms in total. The van der Waals surface area contributed by atoms with E-state index in [1.165, 1.54) is 19.3 Å². The molecule has 170 valence electrons. The second-order valence-corrected chi connectivity index (χ2v) is 8.79. The molecule has 0 amide bonds. The van der Waals surface area contributed by atoms with E-state index in [9.17, 15) is 4.79 Å². The Bertz CT molecular complexity index is 1160. The average molecular weight is 437 g/mol. The maximum absolute atomic E-state index is 13.2. The Kier molecular flexibility index (Phi) is 5.87. The highest BCUT2D eigenvalue weighted by atomic mass is 16.5. The van der Waals surface area contributed by atoms with Crippen LogP contribution in [-0.4, -0.2) is 52.1 Å². The molecule has 1 saturated heterocycles. The lowest BCUT2D eigenvalue weighted by atomic mass is 9.89. The van der Waals surface area contributed by atoms with Gasteiger partial charge in [-0.1, -0.05) is 19.3 Å². The highest BCUT2D eigenvalue weighted by molar-refractivity contribution is 5.70. The number of hydrogen-bond donors (Lipinski definition) is 2. The van der Waals surface area contributed by atoms with E-state index in [2.05, 4.69) is 27.3 Å². The predicted molar refractivity (Wildman–Crippen MR) is 126 cm³/mol. The zero-order valence-electron chi connectivity index (χ0n) is 19.0. The van der Waals surface area contributed by atoms with Crippen LogP contribution in [0.4, 0.5) is 5.69 Å². The lowest BCUT2D eigenvalue weighted by Gasteiger charge is -2.30. The molecule has 1 saturated carbocycles. The lowest BCUT2D eigenvalue weighted by molar-refractivity contribution is 0.341. The first-order valence-corrected chi connectivity index (χ1v) is 11.9. The molecule has 3 aromatic rings. The van der Waals surface area contributed by atoms with Gasteiger partial charge in [-0.3, -0.25) is 4.98 Å². The van der Waals surface area contributed by atoms with Gasteiger partial charge < -0.3 is 15.0 Å². The van der Waals surface area contributed by atoms with Crippen LogP contribution in [0.5, 0.6) is 5.75 Å². The third kappa shape index (κ3) is 3.88. The minimum atomic E-state index is -0.181. The Labute approximate surface area is 188 Å². The van der Waals surface area contributed by atoms with Crippen LogP contribution < -0.4 is 20.6 Å². The maximum Gasteiger partial charge on any atom is 0.334 e. The second kappa shape index (κ2) is 8.94. The van der Waals surface area contributed by atoms with Crippen molar-refractivity contribution in [2.24, 2.45) is 0 Å². The summed E-state index contributed by atoms with van der Waals surface area (Å²) >= 11 is 0. The van der Waals surface area contributed by atoms with Gasteiger partial charge in [0.05, 0.1) is 17.9 Å². The van der Waals surface area contributed by atoms with Crippen molar-refractivity contribution in [2.75, 3.05) is 37.7 Å². The van der Waals surface area contributed by atoms with Gasteiger partial charge >= 0.3 is 5.69 Å². The number of fused-ring (bicyclic) bond motifs is 1. The van der Waals surface area contributed by atoms with Gasteiger partial charge in [0.1, 0.15) is 17.4 Å². The van der Waals surface area contributed by atoms with Crippen LogP contribution in [0.15, 0.2) is 23.0 Å². The lowest BCUT2D eigenvalue weighted by Crippen LogP contribution is -2.43. The maximum atomic E-state index is 13.2. The van der Waals surface area contributed by atoms with E-state index in [4.69, 9.17) is 14.7 Å². The highest BCUT2D eigenvalue weighted by Crippen LogP contribution is 2.34. The number of nitrogens with one attached hydrogen (secondary N) is 2. The molecule has 0 bridgehead atoms. The number of piperazine rings is 1. The first-order valence-electron chi connectivity index (χ1n) is 11.9. The average Bonchev–Trinajstić information content (AvgIpc) is 3.17. The molecule has 5 rings (SSSR count). The molecule has 1 aliphatic heterocycles. The molecular formula is C24H32N6O2. The molecule has 1 aromatic carbocycles. The van der Waals surface area contributed by atoms with Crippen molar-refractivity contribution >= 4 is 11.3 Å². The Hall–Kier alpha value is -2.87. The van der Waals surface area contributed by atoms with Gasteiger partial charge in [-0.15, -0.1) is 0 Å². The Morgan fingerprint density at radius 1 is 1.12 bits per heavy atom. The highest BCUT2D eigenvalue weighted by Gasteiger charge is 2.24. The fourth-order valence-electron chi connectivity index (χ4n) is 5.03. The van der Waals surface area contributed by atoms with E-state index in [1.807, 2.05) is 19.9 Å². The van der Waals surface area contributed by atoms with E-state index in [1.54, 1.807) is 4.40 Å². The molecule has 2 fully saturated rings. The summed E-state index contributed by atoms with van der Waals surface area (Å²) in [6.45, 7) is 8.33. The van der Waals surface area contributed by atoms with Gasteiger partial charge in [0.2, 0.25) is 0 Å². The number of aryl methyl sites for hydroxylation is 1. The Morgan fingerprint density at radius 3 is 2.66 bits per heavy atom. The van der Waals surface area contributed by atoms with Crippen molar-refractivity contribution in [3.05, 3.63) is 40.2 Å². The summed E-state index contributed by atoms with van der Waals surface area (Å²) in [5.74, 6) is 2.45. The zero-order chi connectivity index (χ0) is 22.1. The molecule has 2 N–H and O–H groups in total. The normalized spacial score (nSPS) is 17.8. The van der Waals surface area contributed by atoms with Crippen molar-refractivity contribution in [2.45, 2.75) is 51.9 Å². The number of anilines is 1. The second-order valence-electron chi connectivity index (χ2n) is 8.79. The fourth-order valence-corrected chi connectivity index (χ4v) is 5.03. The smallest absolute Gasteiger partial charge is 0.334 e. The summed E-state index contributed by atoms with van der Waals surface area (Å²) in [5, 5.41) is 3.38. The van der Waals surface area contributed by atoms with Gasteiger partial charge in [-0.25, -0.2) is 19.2 Å². The number of imidazole rings is 1. The number of ether oxygens (including phenoxy) is 1. The molecule has 3 heterocycles. The quantitative estimate of drug-likeness (QED) is 0.638. The number of H-pyrrole nitrogens is 1. The van der Waals surface area contributed by atoms with Gasteiger partial charge in [-0.2, -0.15) is 0 Å². The predicted octanol–water partition coefficient (Wildman–Crippen LogP) is 3.25. The van der Waals surface area contributed by atoms with E-state index in [0.717, 1.165) is 67.5 Å². The number of aromatic nitrogens is 4. The van der Waals surface area contributed by atoms with Crippen LogP contribution in [0.3, 0.4) is 0 Å². The van der Waals surface area contributed by atoms with Crippen LogP contribution >= 0.6 is 0 Å². The van der Waals surface area contributed by atoms with Crippen molar-refractivity contribution in [1.29, 1.82) is 0 Å². The van der Waals surface area contributed by atoms with Crippen LogP contribution in [0, 0.1) is 6.92 Å². The van der Waals surface area contributed by atoms with Crippen molar-refractivity contribution in [3.63, 3.8) is 0 Å². The molecule has 0 radical (unpaired) electrons. The third-order valence-electron chi connectivity index (χ3n) is 6.67. The molecule has 0 spiro atoms. The topological polar surface area (TPSA) is 87.5 Å². The summed E-state index contributed by atoms with van der Waals surface area (Å²) < 4.78 is 7.66. The number of rotatable bonds is 5. The van der Waals surface area contributed by atoms with Crippen molar-refractivity contribution in [3.8, 4) is 17.1 Å². The van der Waals surface area contributed by atoms with Crippen LogP contribution in [0.25, 0.3) is 17.0 Å².